The van der Waals surface area contributed by atoms with Crippen LogP contribution in [-0.2, 0) is 0 Å². The normalized spacial score (nSPS) is 13.9. The SMILES string of the molecule is CC.Clc1ccccc1.NC(=O)c1ccc(C(O)CN2CCN(c3ccc(OCCO)cc3Cl)CC2)cc1. The van der Waals surface area contributed by atoms with Gasteiger partial charge in [0.15, 0.2) is 0 Å². The quantitative estimate of drug-likeness (QED) is 0.356. The highest BCUT2D eigenvalue weighted by atomic mass is 35.5. The Morgan fingerprint density at radius 3 is 2.11 bits per heavy atom. The predicted octanol–water partition coefficient (Wildman–Crippen LogP) is 5.03. The molecule has 3 aromatic carbocycles. The number of hydrogen-bond donors (Lipinski definition) is 3. The number of β-amino-alcohol motifs (C(OH)–C–C–N with tert-alkyl or cyclic N) is 1. The first-order valence-corrected chi connectivity index (χ1v) is 13.4. The molecule has 206 valence electrons. The maximum absolute atomic E-state index is 11.2. The Labute approximate surface area is 235 Å². The van der Waals surface area contributed by atoms with Crippen LogP contribution in [-0.4, -0.2) is 67.0 Å². The topological polar surface area (TPSA) is 99.3 Å². The van der Waals surface area contributed by atoms with Crippen molar-refractivity contribution in [3.05, 3.63) is 94.0 Å². The first-order valence-electron chi connectivity index (χ1n) is 12.7. The van der Waals surface area contributed by atoms with Crippen molar-refractivity contribution in [1.29, 1.82) is 0 Å². The molecule has 0 aromatic heterocycles. The molecule has 0 spiro atoms. The maximum Gasteiger partial charge on any atom is 0.248 e. The van der Waals surface area contributed by atoms with Gasteiger partial charge in [0.1, 0.15) is 12.4 Å². The highest BCUT2D eigenvalue weighted by Gasteiger charge is 2.21. The second-order valence-electron chi connectivity index (χ2n) is 8.27. The van der Waals surface area contributed by atoms with E-state index in [-0.39, 0.29) is 13.2 Å². The lowest BCUT2D eigenvalue weighted by Gasteiger charge is -2.37. The van der Waals surface area contributed by atoms with Crippen LogP contribution >= 0.6 is 23.2 Å². The van der Waals surface area contributed by atoms with Gasteiger partial charge in [-0.05, 0) is 42.0 Å². The molecule has 1 aliphatic heterocycles. The molecule has 0 saturated carbocycles. The van der Waals surface area contributed by atoms with Crippen LogP contribution in [0.2, 0.25) is 10.0 Å². The fourth-order valence-corrected chi connectivity index (χ4v) is 4.24. The molecule has 3 aromatic rings. The van der Waals surface area contributed by atoms with Gasteiger partial charge in [0.25, 0.3) is 0 Å². The van der Waals surface area contributed by atoms with E-state index in [1.165, 1.54) is 0 Å². The van der Waals surface area contributed by atoms with E-state index in [2.05, 4.69) is 9.80 Å². The van der Waals surface area contributed by atoms with Gasteiger partial charge >= 0.3 is 0 Å². The molecule has 0 bridgehead atoms. The average Bonchev–Trinajstić information content (AvgIpc) is 2.94. The predicted molar refractivity (Wildman–Crippen MR) is 155 cm³/mol. The third kappa shape index (κ3) is 10.2. The third-order valence-corrected chi connectivity index (χ3v) is 6.29. The van der Waals surface area contributed by atoms with Crippen LogP contribution in [0.4, 0.5) is 5.69 Å². The van der Waals surface area contributed by atoms with Crippen molar-refractivity contribution in [3.63, 3.8) is 0 Å². The molecule has 1 amide bonds. The number of benzene rings is 3. The molecule has 4 N–H and O–H groups in total. The number of nitrogens with two attached hydrogens (primary N) is 1. The third-order valence-electron chi connectivity index (χ3n) is 5.74. The molecule has 7 nitrogen and oxygen atoms in total. The smallest absolute Gasteiger partial charge is 0.248 e. The number of aliphatic hydroxyl groups is 2. The summed E-state index contributed by atoms with van der Waals surface area (Å²) in [5.74, 6) is 0.158. The minimum atomic E-state index is -0.630. The lowest BCUT2D eigenvalue weighted by atomic mass is 10.1. The number of nitrogens with zero attached hydrogens (tertiary/aromatic N) is 2. The lowest BCUT2D eigenvalue weighted by Crippen LogP contribution is -2.47. The zero-order chi connectivity index (χ0) is 27.9. The van der Waals surface area contributed by atoms with E-state index in [4.69, 9.17) is 38.8 Å². The van der Waals surface area contributed by atoms with E-state index in [9.17, 15) is 9.90 Å². The number of aliphatic hydroxyl groups excluding tert-OH is 2. The molecule has 38 heavy (non-hydrogen) atoms. The Hall–Kier alpha value is -2.81. The molecule has 0 aliphatic carbocycles. The van der Waals surface area contributed by atoms with Crippen molar-refractivity contribution in [2.24, 2.45) is 5.73 Å². The van der Waals surface area contributed by atoms with Crippen LogP contribution in [0.1, 0.15) is 35.9 Å². The minimum Gasteiger partial charge on any atom is -0.491 e. The number of carbonyl (C=O) groups is 1. The monoisotopic (exact) mass is 561 g/mol. The second-order valence-corrected chi connectivity index (χ2v) is 9.11. The molecule has 1 unspecified atom stereocenters. The molecule has 4 rings (SSSR count). The summed E-state index contributed by atoms with van der Waals surface area (Å²) in [7, 11) is 0. The molecule has 1 fully saturated rings. The summed E-state index contributed by atoms with van der Waals surface area (Å²) < 4.78 is 5.39. The average molecular weight is 563 g/mol. The summed E-state index contributed by atoms with van der Waals surface area (Å²) in [6, 6.07) is 21.7. The highest BCUT2D eigenvalue weighted by molar-refractivity contribution is 6.33. The second kappa shape index (κ2) is 16.9. The number of primary amides is 1. The molecular weight excluding hydrogens is 525 g/mol. The van der Waals surface area contributed by atoms with E-state index in [1.54, 1.807) is 30.3 Å². The molecule has 1 atom stereocenters. The molecule has 1 heterocycles. The largest absolute Gasteiger partial charge is 0.491 e. The Morgan fingerprint density at radius 1 is 0.974 bits per heavy atom. The number of rotatable bonds is 8. The van der Waals surface area contributed by atoms with Crippen molar-refractivity contribution >= 4 is 34.8 Å². The number of amides is 1. The Morgan fingerprint density at radius 2 is 1.61 bits per heavy atom. The van der Waals surface area contributed by atoms with Gasteiger partial charge in [-0.2, -0.15) is 0 Å². The number of halogens is 2. The Balaban J connectivity index is 0.000000481. The molecule has 0 radical (unpaired) electrons. The van der Waals surface area contributed by atoms with Gasteiger partial charge in [-0.25, -0.2) is 0 Å². The molecule has 1 aliphatic rings. The van der Waals surface area contributed by atoms with E-state index in [0.717, 1.165) is 42.5 Å². The van der Waals surface area contributed by atoms with E-state index < -0.39 is 12.0 Å². The summed E-state index contributed by atoms with van der Waals surface area (Å²) in [4.78, 5) is 15.6. The first kappa shape index (κ1) is 31.4. The highest BCUT2D eigenvalue weighted by Crippen LogP contribution is 2.31. The van der Waals surface area contributed by atoms with Gasteiger partial charge in [-0.1, -0.05) is 67.4 Å². The number of anilines is 1. The number of ether oxygens (including phenoxy) is 1. The fraction of sp³-hybridized carbons (Fsp3) is 0.345. The first-order chi connectivity index (χ1) is 18.4. The van der Waals surface area contributed by atoms with E-state index in [1.807, 2.05) is 56.3 Å². The summed E-state index contributed by atoms with van der Waals surface area (Å²) in [5, 5.41) is 20.8. The summed E-state index contributed by atoms with van der Waals surface area (Å²) >= 11 is 11.9. The van der Waals surface area contributed by atoms with Gasteiger partial charge < -0.3 is 25.6 Å². The summed E-state index contributed by atoms with van der Waals surface area (Å²) in [6.07, 6.45) is -0.630. The Kier molecular flexibility index (Phi) is 14.0. The lowest BCUT2D eigenvalue weighted by molar-refractivity contribution is 0.0998. The van der Waals surface area contributed by atoms with E-state index in [0.29, 0.717) is 22.9 Å². The summed E-state index contributed by atoms with van der Waals surface area (Å²) in [5.41, 5.74) is 7.39. The fourth-order valence-electron chi connectivity index (χ4n) is 3.80. The van der Waals surface area contributed by atoms with Crippen LogP contribution in [0.15, 0.2) is 72.8 Å². The van der Waals surface area contributed by atoms with Gasteiger partial charge in [0.2, 0.25) is 5.91 Å². The van der Waals surface area contributed by atoms with Gasteiger partial charge in [0, 0.05) is 49.4 Å². The molecule has 1 saturated heterocycles. The molecule has 9 heteroatoms. The van der Waals surface area contributed by atoms with Gasteiger partial charge in [-0.3, -0.25) is 9.69 Å². The van der Waals surface area contributed by atoms with Crippen LogP contribution in [0.5, 0.6) is 5.75 Å². The zero-order valence-electron chi connectivity index (χ0n) is 21.9. The maximum atomic E-state index is 11.2. The van der Waals surface area contributed by atoms with Crippen molar-refractivity contribution in [3.8, 4) is 5.75 Å². The number of hydrogen-bond acceptors (Lipinski definition) is 6. The van der Waals surface area contributed by atoms with Crippen molar-refractivity contribution in [1.82, 2.24) is 4.90 Å². The zero-order valence-corrected chi connectivity index (χ0v) is 23.4. The van der Waals surface area contributed by atoms with Crippen LogP contribution in [0, 0.1) is 0 Å². The van der Waals surface area contributed by atoms with Gasteiger partial charge in [0.05, 0.1) is 23.4 Å². The number of carbonyl (C=O) groups excluding carboxylic acids is 1. The Bertz CT molecular complexity index is 1090. The van der Waals surface area contributed by atoms with Gasteiger partial charge in [-0.15, -0.1) is 0 Å². The minimum absolute atomic E-state index is 0.0392. The van der Waals surface area contributed by atoms with Crippen molar-refractivity contribution < 1.29 is 19.7 Å². The number of piperazine rings is 1. The molecular formula is C29H37Cl2N3O4. The van der Waals surface area contributed by atoms with E-state index >= 15 is 0 Å². The van der Waals surface area contributed by atoms with Crippen LogP contribution in [0.3, 0.4) is 0 Å². The van der Waals surface area contributed by atoms with Crippen LogP contribution in [0.25, 0.3) is 0 Å². The van der Waals surface area contributed by atoms with Crippen molar-refractivity contribution in [2.45, 2.75) is 20.0 Å². The van der Waals surface area contributed by atoms with Crippen molar-refractivity contribution in [2.75, 3.05) is 50.8 Å². The summed E-state index contributed by atoms with van der Waals surface area (Å²) in [6.45, 7) is 7.91. The standard InChI is InChI=1S/C21H26ClN3O4.C6H5Cl.C2H6/c22-18-13-17(29-12-11-26)5-6-19(18)25-9-7-24(8-10-25)14-20(27)15-1-3-16(4-2-15)21(23)28;7-6-4-2-1-3-5-6;1-2/h1-6,13,20,26-27H,7-12,14H2,(H2,23,28);1-5H;1-2H3. The van der Waals surface area contributed by atoms with Crippen LogP contribution < -0.4 is 15.4 Å².